The summed E-state index contributed by atoms with van der Waals surface area (Å²) in [6.45, 7) is 0. The number of benzene rings is 12. The van der Waals surface area contributed by atoms with Crippen LogP contribution in [0.15, 0.2) is 270 Å². The van der Waals surface area contributed by atoms with Crippen molar-refractivity contribution in [2.75, 3.05) is 9.80 Å². The predicted molar refractivity (Wildman–Crippen MR) is 304 cm³/mol. The van der Waals surface area contributed by atoms with E-state index in [1.165, 1.54) is 32.6 Å². The van der Waals surface area contributed by atoms with E-state index in [9.17, 15) is 0 Å². The lowest BCUT2D eigenvalue weighted by Crippen LogP contribution is -2.09. The number of anilines is 6. The SMILES string of the molecule is c1ccc(N(c2ccccc2)c2ccc3oc4ccc(-c5cc6ccc7cc(-c8ccc9oc%10ccc(N(c%11ccccc%11)c%11ccccc%11)cc%10c9c8)cc8c7c6c(c5)n8-c5ccccc5)cc4c3c2)cc1. The maximum atomic E-state index is 6.52. The van der Waals surface area contributed by atoms with Gasteiger partial charge in [-0.3, -0.25) is 0 Å². The molecule has 3 heterocycles. The fourth-order valence-electron chi connectivity index (χ4n) is 11.3. The monoisotopic (exact) mass is 933 g/mol. The van der Waals surface area contributed by atoms with E-state index in [1.807, 2.05) is 0 Å². The molecule has 15 rings (SSSR count). The Hall–Kier alpha value is -9.84. The second-order valence-electron chi connectivity index (χ2n) is 18.9. The maximum Gasteiger partial charge on any atom is 0.135 e. The summed E-state index contributed by atoms with van der Waals surface area (Å²) in [7, 11) is 0. The first-order valence-electron chi connectivity index (χ1n) is 24.8. The smallest absolute Gasteiger partial charge is 0.135 e. The van der Waals surface area contributed by atoms with Crippen LogP contribution in [0.3, 0.4) is 0 Å². The van der Waals surface area contributed by atoms with Gasteiger partial charge in [0.05, 0.1) is 11.0 Å². The van der Waals surface area contributed by atoms with Crippen molar-refractivity contribution in [2.45, 2.75) is 0 Å². The zero-order valence-electron chi connectivity index (χ0n) is 39.5. The molecule has 5 heteroatoms. The minimum Gasteiger partial charge on any atom is -0.456 e. The Bertz CT molecular complexity index is 4190. The van der Waals surface area contributed by atoms with Crippen LogP contribution >= 0.6 is 0 Å². The van der Waals surface area contributed by atoms with Gasteiger partial charge in [-0.2, -0.15) is 0 Å². The summed E-state index contributed by atoms with van der Waals surface area (Å²) in [5.74, 6) is 0. The van der Waals surface area contributed by atoms with Gasteiger partial charge < -0.3 is 23.2 Å². The molecule has 0 saturated carbocycles. The largest absolute Gasteiger partial charge is 0.456 e. The third-order valence-corrected chi connectivity index (χ3v) is 14.6. The number of para-hydroxylation sites is 5. The maximum absolute atomic E-state index is 6.52. The van der Waals surface area contributed by atoms with Gasteiger partial charge in [-0.25, -0.2) is 0 Å². The summed E-state index contributed by atoms with van der Waals surface area (Å²) in [4.78, 5) is 4.60. The van der Waals surface area contributed by atoms with E-state index >= 15 is 0 Å². The van der Waals surface area contributed by atoms with Crippen LogP contribution in [0.25, 0.3) is 104 Å². The molecule has 0 aliphatic heterocycles. The summed E-state index contributed by atoms with van der Waals surface area (Å²) in [6.07, 6.45) is 0. The molecule has 12 aromatic carbocycles. The van der Waals surface area contributed by atoms with Crippen LogP contribution in [0.4, 0.5) is 34.1 Å². The summed E-state index contributed by atoms with van der Waals surface area (Å²) >= 11 is 0. The van der Waals surface area contributed by atoms with Gasteiger partial charge in [0.25, 0.3) is 0 Å². The Morgan fingerprint density at radius 2 is 0.603 bits per heavy atom. The fourth-order valence-corrected chi connectivity index (χ4v) is 11.3. The lowest BCUT2D eigenvalue weighted by atomic mass is 9.94. The van der Waals surface area contributed by atoms with Crippen molar-refractivity contribution >= 4 is 111 Å². The highest BCUT2D eigenvalue weighted by atomic mass is 16.3. The highest BCUT2D eigenvalue weighted by Gasteiger charge is 2.22. The molecular formula is C68H43N3O2. The Labute approximate surface area is 420 Å². The second-order valence-corrected chi connectivity index (χ2v) is 18.9. The van der Waals surface area contributed by atoms with E-state index in [-0.39, 0.29) is 0 Å². The molecule has 73 heavy (non-hydrogen) atoms. The number of hydrogen-bond acceptors (Lipinski definition) is 4. The molecule has 0 bridgehead atoms. The predicted octanol–water partition coefficient (Wildman–Crippen LogP) is 19.4. The van der Waals surface area contributed by atoms with Crippen molar-refractivity contribution in [2.24, 2.45) is 0 Å². The first-order chi connectivity index (χ1) is 36.2. The summed E-state index contributed by atoms with van der Waals surface area (Å²) < 4.78 is 15.5. The molecule has 0 aliphatic carbocycles. The average Bonchev–Trinajstić information content (AvgIpc) is 4.13. The van der Waals surface area contributed by atoms with Gasteiger partial charge >= 0.3 is 0 Å². The molecule has 0 aliphatic rings. The van der Waals surface area contributed by atoms with Crippen LogP contribution in [0.2, 0.25) is 0 Å². The summed E-state index contributed by atoms with van der Waals surface area (Å²) in [5.41, 5.74) is 18.0. The number of hydrogen-bond donors (Lipinski definition) is 0. The third-order valence-electron chi connectivity index (χ3n) is 14.6. The van der Waals surface area contributed by atoms with Gasteiger partial charge in [0.15, 0.2) is 0 Å². The first-order valence-corrected chi connectivity index (χ1v) is 24.8. The van der Waals surface area contributed by atoms with Gasteiger partial charge in [0, 0.05) is 72.1 Å². The minimum absolute atomic E-state index is 0.862. The molecule has 15 aromatic rings. The van der Waals surface area contributed by atoms with E-state index < -0.39 is 0 Å². The summed E-state index contributed by atoms with van der Waals surface area (Å²) in [5, 5.41) is 9.25. The van der Waals surface area contributed by atoms with Crippen LogP contribution in [0, 0.1) is 0 Å². The number of rotatable bonds is 9. The Balaban J connectivity index is 0.873. The highest BCUT2D eigenvalue weighted by molar-refractivity contribution is 6.26. The summed E-state index contributed by atoms with van der Waals surface area (Å²) in [6, 6.07) is 93.3. The zero-order valence-corrected chi connectivity index (χ0v) is 39.5. The second kappa shape index (κ2) is 16.4. The van der Waals surface area contributed by atoms with Gasteiger partial charge in [0.1, 0.15) is 22.3 Å². The van der Waals surface area contributed by atoms with Crippen molar-refractivity contribution in [3.05, 3.63) is 261 Å². The molecule has 0 amide bonds. The number of nitrogens with zero attached hydrogens (tertiary/aromatic N) is 3. The number of aromatic nitrogens is 1. The van der Waals surface area contributed by atoms with Crippen LogP contribution in [0.1, 0.15) is 0 Å². The lowest BCUT2D eigenvalue weighted by Gasteiger charge is -2.25. The molecule has 0 saturated heterocycles. The van der Waals surface area contributed by atoms with Crippen molar-refractivity contribution in [3.63, 3.8) is 0 Å². The Morgan fingerprint density at radius 1 is 0.260 bits per heavy atom. The molecule has 0 unspecified atom stereocenters. The fraction of sp³-hybridized carbons (Fsp3) is 0. The van der Waals surface area contributed by atoms with E-state index in [1.54, 1.807) is 0 Å². The van der Waals surface area contributed by atoms with E-state index in [2.05, 4.69) is 275 Å². The zero-order chi connectivity index (χ0) is 48.0. The van der Waals surface area contributed by atoms with Crippen LogP contribution in [-0.4, -0.2) is 4.57 Å². The minimum atomic E-state index is 0.862. The Morgan fingerprint density at radius 3 is 0.986 bits per heavy atom. The normalized spacial score (nSPS) is 11.8. The number of furan rings is 2. The molecule has 0 spiro atoms. The van der Waals surface area contributed by atoms with Crippen LogP contribution in [0.5, 0.6) is 0 Å². The van der Waals surface area contributed by atoms with Crippen molar-refractivity contribution in [3.8, 4) is 27.9 Å². The molecule has 3 aromatic heterocycles. The van der Waals surface area contributed by atoms with Gasteiger partial charge in [0.2, 0.25) is 0 Å². The Kier molecular flexibility index (Phi) is 9.19. The van der Waals surface area contributed by atoms with E-state index in [0.717, 1.165) is 106 Å². The molecule has 0 N–H and O–H groups in total. The molecule has 0 radical (unpaired) electrons. The van der Waals surface area contributed by atoms with E-state index in [0.29, 0.717) is 0 Å². The van der Waals surface area contributed by atoms with Crippen molar-refractivity contribution in [1.82, 2.24) is 4.57 Å². The molecular weight excluding hydrogens is 891 g/mol. The lowest BCUT2D eigenvalue weighted by molar-refractivity contribution is 0.668. The standard InChI is InChI=1S/C68H43N3O2/c1-6-16-50(17-7-1)69(51-18-8-2-9-19-51)55-30-34-65-59(42-55)57-38-44(28-32-63(57)72-65)48-36-46-26-27-47-37-49(41-62-68(47)67(46)61(40-48)71(62)54-24-14-5-15-25-54)45-29-33-64-58(39-45)60-43-56(31-35-66(60)73-64)70(52-20-10-3-11-21-52)53-22-12-4-13-23-53/h1-43H. The quantitative estimate of drug-likeness (QED) is 0.135. The molecule has 0 fully saturated rings. The van der Waals surface area contributed by atoms with E-state index in [4.69, 9.17) is 8.83 Å². The molecule has 5 nitrogen and oxygen atoms in total. The van der Waals surface area contributed by atoms with Crippen LogP contribution < -0.4 is 9.80 Å². The first kappa shape index (κ1) is 41.0. The number of fused-ring (bicyclic) bond motifs is 6. The van der Waals surface area contributed by atoms with Crippen molar-refractivity contribution in [1.29, 1.82) is 0 Å². The third kappa shape index (κ3) is 6.71. The molecule has 0 atom stereocenters. The van der Waals surface area contributed by atoms with Gasteiger partial charge in [-0.05, 0) is 179 Å². The topological polar surface area (TPSA) is 37.7 Å². The highest BCUT2D eigenvalue weighted by Crippen LogP contribution is 2.46. The average molecular weight is 934 g/mol. The van der Waals surface area contributed by atoms with Crippen molar-refractivity contribution < 1.29 is 8.83 Å². The van der Waals surface area contributed by atoms with Crippen LogP contribution in [-0.2, 0) is 0 Å². The van der Waals surface area contributed by atoms with Gasteiger partial charge in [-0.1, -0.05) is 115 Å². The van der Waals surface area contributed by atoms with Gasteiger partial charge in [-0.15, -0.1) is 0 Å². The molecule has 342 valence electrons.